The van der Waals surface area contributed by atoms with Gasteiger partial charge in [0.05, 0.1) is 20.0 Å². The highest BCUT2D eigenvalue weighted by Gasteiger charge is 2.74. The minimum Gasteiger partial charge on any atom is -0.496 e. The molecule has 3 unspecified atom stereocenters. The van der Waals surface area contributed by atoms with Crippen molar-refractivity contribution in [2.45, 2.75) is 57.5 Å². The molecule has 1 saturated carbocycles. The fourth-order valence-corrected chi connectivity index (χ4v) is 7.21. The molecule has 32 heavy (non-hydrogen) atoms. The van der Waals surface area contributed by atoms with Crippen LogP contribution in [0.15, 0.2) is 41.0 Å². The summed E-state index contributed by atoms with van der Waals surface area (Å²) in [5, 5.41) is 0. The zero-order valence-corrected chi connectivity index (χ0v) is 19.4. The zero-order chi connectivity index (χ0) is 22.9. The van der Waals surface area contributed by atoms with E-state index in [1.54, 1.807) is 26.2 Å². The highest BCUT2D eigenvalue weighted by molar-refractivity contribution is 6.12. The summed E-state index contributed by atoms with van der Waals surface area (Å²) in [5.41, 5.74) is 0.716. The Morgan fingerprint density at radius 1 is 1.19 bits per heavy atom. The van der Waals surface area contributed by atoms with Gasteiger partial charge in [0.2, 0.25) is 5.78 Å². The maximum absolute atomic E-state index is 13.9. The number of ketones is 1. The molecular formula is C26H31NO5. The first-order valence-corrected chi connectivity index (χ1v) is 11.4. The number of piperidine rings is 2. The summed E-state index contributed by atoms with van der Waals surface area (Å²) < 4.78 is 16.8. The van der Waals surface area contributed by atoms with Crippen molar-refractivity contribution >= 4 is 11.8 Å². The van der Waals surface area contributed by atoms with Crippen LogP contribution in [-0.2, 0) is 21.4 Å². The van der Waals surface area contributed by atoms with Gasteiger partial charge >= 0.3 is 5.97 Å². The van der Waals surface area contributed by atoms with Crippen molar-refractivity contribution in [3.05, 3.63) is 53.5 Å². The van der Waals surface area contributed by atoms with E-state index in [1.807, 2.05) is 12.1 Å². The maximum Gasteiger partial charge on any atom is 0.321 e. The summed E-state index contributed by atoms with van der Waals surface area (Å²) in [4.78, 5) is 29.7. The third-order valence-electron chi connectivity index (χ3n) is 8.93. The molecule has 2 aliphatic heterocycles. The number of furan rings is 1. The summed E-state index contributed by atoms with van der Waals surface area (Å²) in [5.74, 6) is 0.434. The van der Waals surface area contributed by atoms with E-state index in [1.165, 1.54) is 17.4 Å². The number of carbonyl (C=O) groups excluding carboxylic acids is 2. The quantitative estimate of drug-likeness (QED) is 0.400. The molecule has 3 heterocycles. The van der Waals surface area contributed by atoms with Crippen LogP contribution in [-0.4, -0.2) is 49.5 Å². The number of benzene rings is 1. The number of carbonyl (C=O) groups is 2. The first-order valence-electron chi connectivity index (χ1n) is 11.4. The van der Waals surface area contributed by atoms with E-state index in [2.05, 4.69) is 31.9 Å². The van der Waals surface area contributed by atoms with Gasteiger partial charge in [0, 0.05) is 17.5 Å². The van der Waals surface area contributed by atoms with E-state index >= 15 is 0 Å². The third-order valence-corrected chi connectivity index (χ3v) is 8.93. The Kier molecular flexibility index (Phi) is 4.61. The predicted octanol–water partition coefficient (Wildman–Crippen LogP) is 4.02. The standard InChI is InChI=1S/C26H31NO5/c1-6-31-23(29)26(22(28)19-11-8-12-32-19)15-25(3)20-13-16-17(9-7-10-18(16)30-5)24(25,2)14-21(26)27(20)4/h7-12,20-21H,6,13-15H2,1-5H3/t20?,21?,24-,25+,26?/m0/s1. The van der Waals surface area contributed by atoms with Crippen LogP contribution in [0, 0.1) is 10.8 Å². The number of ether oxygens (including phenoxy) is 2. The van der Waals surface area contributed by atoms with Gasteiger partial charge in [-0.3, -0.25) is 14.5 Å². The number of esters is 1. The van der Waals surface area contributed by atoms with Crippen LogP contribution in [0.5, 0.6) is 5.75 Å². The molecule has 4 aliphatic rings. The molecule has 4 bridgehead atoms. The normalized spacial score (nSPS) is 35.3. The van der Waals surface area contributed by atoms with Gasteiger partial charge in [0.25, 0.3) is 0 Å². The number of hydrogen-bond acceptors (Lipinski definition) is 6. The van der Waals surface area contributed by atoms with Crippen LogP contribution in [0.25, 0.3) is 0 Å². The van der Waals surface area contributed by atoms with E-state index < -0.39 is 11.4 Å². The summed E-state index contributed by atoms with van der Waals surface area (Å²) in [7, 11) is 3.77. The lowest BCUT2D eigenvalue weighted by molar-refractivity contribution is -0.197. The van der Waals surface area contributed by atoms with E-state index in [9.17, 15) is 9.59 Å². The fourth-order valence-electron chi connectivity index (χ4n) is 7.21. The van der Waals surface area contributed by atoms with Crippen molar-refractivity contribution < 1.29 is 23.5 Å². The Hall–Kier alpha value is -2.60. The number of likely N-dealkylation sites (N-methyl/N-ethyl adjacent to an activating group) is 1. The maximum atomic E-state index is 13.9. The second kappa shape index (κ2) is 6.95. The average molecular weight is 438 g/mol. The molecule has 0 spiro atoms. The molecule has 6 heteroatoms. The average Bonchev–Trinajstić information content (AvgIpc) is 3.31. The molecule has 2 aliphatic carbocycles. The lowest BCUT2D eigenvalue weighted by Gasteiger charge is -2.71. The highest BCUT2D eigenvalue weighted by Crippen LogP contribution is 2.69. The number of Topliss-reactive ketones (excluding diaryl/α,β-unsaturated/α-hetero) is 1. The highest BCUT2D eigenvalue weighted by atomic mass is 16.5. The minimum atomic E-state index is -1.29. The molecule has 6 nitrogen and oxygen atoms in total. The molecule has 3 fully saturated rings. The largest absolute Gasteiger partial charge is 0.496 e. The predicted molar refractivity (Wildman–Crippen MR) is 119 cm³/mol. The van der Waals surface area contributed by atoms with Gasteiger partial charge in [-0.1, -0.05) is 26.0 Å². The van der Waals surface area contributed by atoms with Crippen molar-refractivity contribution in [1.29, 1.82) is 0 Å². The minimum absolute atomic E-state index is 0.182. The number of hydrogen-bond donors (Lipinski definition) is 0. The molecule has 0 N–H and O–H groups in total. The molecule has 2 saturated heterocycles. The second-order valence-corrected chi connectivity index (χ2v) is 10.0. The molecule has 1 aromatic carbocycles. The summed E-state index contributed by atoms with van der Waals surface area (Å²) >= 11 is 0. The van der Waals surface area contributed by atoms with E-state index in [0.29, 0.717) is 12.8 Å². The Bertz CT molecular complexity index is 1080. The van der Waals surface area contributed by atoms with Crippen molar-refractivity contribution in [3.63, 3.8) is 0 Å². The van der Waals surface area contributed by atoms with Crippen molar-refractivity contribution in [3.8, 4) is 5.75 Å². The summed E-state index contributed by atoms with van der Waals surface area (Å²) in [6.45, 7) is 6.56. The van der Waals surface area contributed by atoms with Gasteiger partial charge in [0.15, 0.2) is 5.76 Å². The topological polar surface area (TPSA) is 69.0 Å². The van der Waals surface area contributed by atoms with Gasteiger partial charge in [-0.15, -0.1) is 0 Å². The van der Waals surface area contributed by atoms with Crippen LogP contribution < -0.4 is 4.74 Å². The van der Waals surface area contributed by atoms with E-state index in [-0.39, 0.29) is 41.1 Å². The van der Waals surface area contributed by atoms with Crippen LogP contribution in [0.3, 0.4) is 0 Å². The first-order chi connectivity index (χ1) is 15.2. The van der Waals surface area contributed by atoms with Gasteiger partial charge < -0.3 is 13.9 Å². The molecule has 170 valence electrons. The molecule has 6 rings (SSSR count). The molecular weight excluding hydrogens is 406 g/mol. The lowest BCUT2D eigenvalue weighted by Crippen LogP contribution is -2.78. The molecule has 5 atom stereocenters. The smallest absolute Gasteiger partial charge is 0.321 e. The summed E-state index contributed by atoms with van der Waals surface area (Å²) in [6, 6.07) is 9.50. The molecule has 0 amide bonds. The van der Waals surface area contributed by atoms with Crippen LogP contribution >= 0.6 is 0 Å². The lowest BCUT2D eigenvalue weighted by atomic mass is 9.39. The second-order valence-electron chi connectivity index (χ2n) is 10.0. The molecule has 2 aromatic rings. The SMILES string of the molecule is CCOC(=O)C1(C(=O)c2ccco2)C[C@]2(C)C3Cc4c(OC)cccc4[C@]2(C)CC1N3C. The van der Waals surface area contributed by atoms with Crippen LogP contribution in [0.1, 0.15) is 55.3 Å². The Balaban J connectivity index is 1.70. The third kappa shape index (κ3) is 2.39. The van der Waals surface area contributed by atoms with Gasteiger partial charge in [0.1, 0.15) is 11.2 Å². The number of nitrogens with zero attached hydrogens (tertiary/aromatic N) is 1. The Labute approximate surface area is 188 Å². The molecule has 1 aromatic heterocycles. The number of rotatable bonds is 5. The summed E-state index contributed by atoms with van der Waals surface area (Å²) in [6.07, 6.45) is 3.43. The monoisotopic (exact) mass is 437 g/mol. The van der Waals surface area contributed by atoms with Gasteiger partial charge in [-0.2, -0.15) is 0 Å². The van der Waals surface area contributed by atoms with Gasteiger partial charge in [-0.25, -0.2) is 0 Å². The zero-order valence-electron chi connectivity index (χ0n) is 19.4. The Morgan fingerprint density at radius 3 is 2.62 bits per heavy atom. The number of fused-ring (bicyclic) bond motifs is 2. The Morgan fingerprint density at radius 2 is 1.97 bits per heavy atom. The van der Waals surface area contributed by atoms with Crippen LogP contribution in [0.2, 0.25) is 0 Å². The number of methoxy groups -OCH3 is 1. The van der Waals surface area contributed by atoms with Gasteiger partial charge in [-0.05, 0) is 68.0 Å². The van der Waals surface area contributed by atoms with Crippen molar-refractivity contribution in [2.24, 2.45) is 10.8 Å². The van der Waals surface area contributed by atoms with E-state index in [4.69, 9.17) is 13.9 Å². The van der Waals surface area contributed by atoms with Crippen LogP contribution in [0.4, 0.5) is 0 Å². The first kappa shape index (κ1) is 21.3. The fraction of sp³-hybridized carbons (Fsp3) is 0.538. The van der Waals surface area contributed by atoms with E-state index in [0.717, 1.165) is 12.2 Å². The molecule has 0 radical (unpaired) electrons. The van der Waals surface area contributed by atoms with Crippen molar-refractivity contribution in [2.75, 3.05) is 20.8 Å². The van der Waals surface area contributed by atoms with Crippen molar-refractivity contribution in [1.82, 2.24) is 4.90 Å².